The Morgan fingerprint density at radius 2 is 1.84 bits per heavy atom. The molecule has 1 aromatic heterocycles. The van der Waals surface area contributed by atoms with Gasteiger partial charge in [0.05, 0.1) is 16.4 Å². The molecule has 0 saturated heterocycles. The Hall–Kier alpha value is -2.95. The van der Waals surface area contributed by atoms with Crippen LogP contribution in [0.25, 0.3) is 21.8 Å². The van der Waals surface area contributed by atoms with E-state index in [2.05, 4.69) is 38.5 Å². The fourth-order valence-electron chi connectivity index (χ4n) is 3.35. The molecule has 0 atom stereocenters. The van der Waals surface area contributed by atoms with Crippen molar-refractivity contribution in [3.05, 3.63) is 69.2 Å². The van der Waals surface area contributed by atoms with Gasteiger partial charge in [-0.25, -0.2) is 0 Å². The number of hydrogen-bond donors (Lipinski definition) is 4. The SMILES string of the molecule is CNCCc1cc(Nc2ccc(Cl)c(Cl)c2)cc2c1[nH]c1ccc(Cl)cc12.N#CN=CN. The van der Waals surface area contributed by atoms with E-state index in [0.717, 1.165) is 57.5 Å². The first-order valence-electron chi connectivity index (χ1n) is 9.69. The van der Waals surface area contributed by atoms with Crippen LogP contribution in [0.2, 0.25) is 15.1 Å². The number of nitrogens with zero attached hydrogens (tertiary/aromatic N) is 2. The molecule has 0 aliphatic rings. The van der Waals surface area contributed by atoms with Crippen molar-refractivity contribution >= 4 is 74.3 Å². The minimum Gasteiger partial charge on any atom is -0.389 e. The molecule has 0 aliphatic heterocycles. The molecule has 0 spiro atoms. The predicted molar refractivity (Wildman–Crippen MR) is 136 cm³/mol. The fourth-order valence-corrected chi connectivity index (χ4v) is 3.82. The number of benzene rings is 3. The highest BCUT2D eigenvalue weighted by molar-refractivity contribution is 6.42. The summed E-state index contributed by atoms with van der Waals surface area (Å²) in [5.74, 6) is 0. The van der Waals surface area contributed by atoms with Crippen LogP contribution in [0.4, 0.5) is 11.4 Å². The van der Waals surface area contributed by atoms with Crippen molar-refractivity contribution in [3.63, 3.8) is 0 Å². The van der Waals surface area contributed by atoms with Gasteiger partial charge >= 0.3 is 0 Å². The van der Waals surface area contributed by atoms with E-state index < -0.39 is 0 Å². The van der Waals surface area contributed by atoms with Crippen molar-refractivity contribution in [1.29, 1.82) is 5.26 Å². The summed E-state index contributed by atoms with van der Waals surface area (Å²) < 4.78 is 0. The van der Waals surface area contributed by atoms with Crippen LogP contribution in [-0.4, -0.2) is 24.9 Å². The molecule has 0 fully saturated rings. The third-order valence-electron chi connectivity index (χ3n) is 4.74. The Morgan fingerprint density at radius 1 is 1.03 bits per heavy atom. The average Bonchev–Trinajstić information content (AvgIpc) is 3.14. The summed E-state index contributed by atoms with van der Waals surface area (Å²) in [4.78, 5) is 6.47. The number of hydrogen-bond acceptors (Lipinski definition) is 4. The minimum absolute atomic E-state index is 0.525. The topological polar surface area (TPSA) is 102 Å². The van der Waals surface area contributed by atoms with E-state index in [0.29, 0.717) is 10.0 Å². The Balaban J connectivity index is 0.000000523. The lowest BCUT2D eigenvalue weighted by atomic mass is 10.0. The number of aromatic amines is 1. The van der Waals surface area contributed by atoms with Crippen LogP contribution in [-0.2, 0) is 6.42 Å². The van der Waals surface area contributed by atoms with Gasteiger partial charge in [0.1, 0.15) is 0 Å². The number of likely N-dealkylation sites (N-methyl/N-ethyl adjacent to an activating group) is 1. The van der Waals surface area contributed by atoms with E-state index in [4.69, 9.17) is 40.1 Å². The van der Waals surface area contributed by atoms with E-state index in [1.165, 1.54) is 11.8 Å². The van der Waals surface area contributed by atoms with Crippen molar-refractivity contribution in [2.45, 2.75) is 6.42 Å². The number of aromatic nitrogens is 1. The molecule has 0 aliphatic carbocycles. The molecule has 0 unspecified atom stereocenters. The van der Waals surface area contributed by atoms with Gasteiger partial charge in [-0.3, -0.25) is 0 Å². The predicted octanol–water partition coefficient (Wildman–Crippen LogP) is 6.24. The van der Waals surface area contributed by atoms with E-state index in [1.807, 2.05) is 37.4 Å². The van der Waals surface area contributed by atoms with E-state index in [1.54, 1.807) is 6.07 Å². The van der Waals surface area contributed by atoms with Gasteiger partial charge in [-0.2, -0.15) is 10.3 Å². The molecule has 0 radical (unpaired) electrons. The quantitative estimate of drug-likeness (QED) is 0.152. The number of halogens is 3. The number of anilines is 2. The third kappa shape index (κ3) is 5.64. The largest absolute Gasteiger partial charge is 0.389 e. The summed E-state index contributed by atoms with van der Waals surface area (Å²) >= 11 is 18.4. The Morgan fingerprint density at radius 3 is 2.50 bits per heavy atom. The molecule has 5 N–H and O–H groups in total. The van der Waals surface area contributed by atoms with Gasteiger partial charge in [0.25, 0.3) is 0 Å². The first kappa shape index (κ1) is 23.7. The standard InChI is InChI=1S/C21H18Cl3N3.C2H3N3/c1-25-7-6-12-8-15(26-14-3-4-18(23)19(24)11-14)10-17-16-9-13(22)2-5-20(16)27-21(12)17;3-1-5-2-4/h2-5,8-11,25-27H,6-7H2,1H3;1H,(H2,3,5). The first-order chi connectivity index (χ1) is 15.5. The zero-order valence-corrected chi connectivity index (χ0v) is 19.5. The second kappa shape index (κ2) is 11.1. The second-order valence-corrected chi connectivity index (χ2v) is 8.11. The van der Waals surface area contributed by atoms with Crippen LogP contribution >= 0.6 is 34.8 Å². The van der Waals surface area contributed by atoms with Crippen molar-refractivity contribution in [2.24, 2.45) is 10.7 Å². The average molecular weight is 488 g/mol. The number of aliphatic imine (C=N–C) groups is 1. The molecule has 0 amide bonds. The van der Waals surface area contributed by atoms with Gasteiger partial charge in [-0.15, -0.1) is 0 Å². The lowest BCUT2D eigenvalue weighted by Crippen LogP contribution is -2.10. The maximum atomic E-state index is 7.54. The molecule has 9 heteroatoms. The molecule has 4 aromatic rings. The molecule has 1 heterocycles. The number of H-pyrrole nitrogens is 1. The van der Waals surface area contributed by atoms with Gasteiger partial charge in [-0.1, -0.05) is 34.8 Å². The summed E-state index contributed by atoms with van der Waals surface area (Å²) in [6, 6.07) is 15.8. The van der Waals surface area contributed by atoms with Crippen LogP contribution in [0.5, 0.6) is 0 Å². The number of nitrogens with two attached hydrogens (primary N) is 1. The normalized spacial score (nSPS) is 10.8. The van der Waals surface area contributed by atoms with Gasteiger partial charge in [0.2, 0.25) is 6.19 Å². The summed E-state index contributed by atoms with van der Waals surface area (Å²) in [5, 5.41) is 18.2. The van der Waals surface area contributed by atoms with E-state index in [-0.39, 0.29) is 0 Å². The zero-order valence-electron chi connectivity index (χ0n) is 17.2. The van der Waals surface area contributed by atoms with Gasteiger partial charge in [0, 0.05) is 38.2 Å². The van der Waals surface area contributed by atoms with Crippen molar-refractivity contribution < 1.29 is 0 Å². The highest BCUT2D eigenvalue weighted by Crippen LogP contribution is 2.34. The monoisotopic (exact) mass is 486 g/mol. The van der Waals surface area contributed by atoms with E-state index in [9.17, 15) is 0 Å². The number of fused-ring (bicyclic) bond motifs is 3. The highest BCUT2D eigenvalue weighted by Gasteiger charge is 2.11. The second-order valence-electron chi connectivity index (χ2n) is 6.86. The Labute approximate surface area is 201 Å². The summed E-state index contributed by atoms with van der Waals surface area (Å²) in [5.41, 5.74) is 9.96. The summed E-state index contributed by atoms with van der Waals surface area (Å²) in [6.45, 7) is 0.890. The van der Waals surface area contributed by atoms with Crippen LogP contribution < -0.4 is 16.4 Å². The first-order valence-corrected chi connectivity index (χ1v) is 10.8. The molecule has 164 valence electrons. The van der Waals surface area contributed by atoms with Crippen LogP contribution in [0.15, 0.2) is 53.5 Å². The maximum Gasteiger partial charge on any atom is 0.207 e. The molecular weight excluding hydrogens is 467 g/mol. The summed E-state index contributed by atoms with van der Waals surface area (Å²) in [6.07, 6.45) is 3.31. The summed E-state index contributed by atoms with van der Waals surface area (Å²) in [7, 11) is 1.96. The van der Waals surface area contributed by atoms with Gasteiger partial charge in [0.15, 0.2) is 0 Å². The Bertz CT molecular complexity index is 1310. The van der Waals surface area contributed by atoms with Crippen molar-refractivity contribution in [2.75, 3.05) is 18.9 Å². The lowest BCUT2D eigenvalue weighted by Gasteiger charge is -2.11. The van der Waals surface area contributed by atoms with Crippen molar-refractivity contribution in [1.82, 2.24) is 10.3 Å². The highest BCUT2D eigenvalue weighted by atomic mass is 35.5. The number of nitrogens with one attached hydrogen (secondary N) is 3. The molecular formula is C23H21Cl3N6. The molecule has 0 saturated carbocycles. The fraction of sp³-hybridized carbons (Fsp3) is 0.130. The van der Waals surface area contributed by atoms with Crippen LogP contribution in [0, 0.1) is 11.5 Å². The maximum absolute atomic E-state index is 7.54. The Kier molecular flexibility index (Phi) is 8.20. The van der Waals surface area contributed by atoms with Crippen molar-refractivity contribution in [3.8, 4) is 6.19 Å². The minimum atomic E-state index is 0.525. The molecule has 0 bridgehead atoms. The van der Waals surface area contributed by atoms with Gasteiger partial charge < -0.3 is 21.4 Å². The van der Waals surface area contributed by atoms with E-state index >= 15 is 0 Å². The molecule has 4 rings (SSSR count). The van der Waals surface area contributed by atoms with Gasteiger partial charge in [-0.05, 0) is 74.1 Å². The number of nitriles is 1. The molecule has 32 heavy (non-hydrogen) atoms. The van der Waals surface area contributed by atoms with Crippen LogP contribution in [0.3, 0.4) is 0 Å². The third-order valence-corrected chi connectivity index (χ3v) is 5.71. The van der Waals surface area contributed by atoms with Crippen LogP contribution in [0.1, 0.15) is 5.56 Å². The smallest absolute Gasteiger partial charge is 0.207 e. The molecule has 3 aromatic carbocycles. The zero-order chi connectivity index (χ0) is 23.1. The number of rotatable bonds is 5. The lowest BCUT2D eigenvalue weighted by molar-refractivity contribution is 0.794. The molecule has 6 nitrogen and oxygen atoms in total.